The molecule has 5 nitrogen and oxygen atoms in total. The molecular formula is C21H27N3O2. The fraction of sp³-hybridized carbons (Fsp3) is 0.524. The molecule has 1 unspecified atom stereocenters. The number of carbonyl (C=O) groups excluding carboxylic acids is 1. The Labute approximate surface area is 154 Å². The van der Waals surface area contributed by atoms with Crippen LogP contribution in [0.15, 0.2) is 36.5 Å². The zero-order chi connectivity index (χ0) is 18.1. The molecule has 1 atom stereocenters. The van der Waals surface area contributed by atoms with Crippen molar-refractivity contribution in [3.8, 4) is 0 Å². The Morgan fingerprint density at radius 1 is 1.23 bits per heavy atom. The van der Waals surface area contributed by atoms with Gasteiger partial charge in [-0.25, -0.2) is 0 Å². The highest BCUT2D eigenvalue weighted by molar-refractivity contribution is 5.95. The lowest BCUT2D eigenvalue weighted by Crippen LogP contribution is -2.50. The molecule has 1 aromatic carbocycles. The zero-order valence-corrected chi connectivity index (χ0v) is 15.6. The molecule has 1 saturated carbocycles. The Hall–Kier alpha value is -2.14. The van der Waals surface area contributed by atoms with Gasteiger partial charge in [0.2, 0.25) is 0 Å². The molecule has 0 radical (unpaired) electrons. The summed E-state index contributed by atoms with van der Waals surface area (Å²) < 4.78 is 8.14. The van der Waals surface area contributed by atoms with Crippen molar-refractivity contribution < 1.29 is 9.53 Å². The van der Waals surface area contributed by atoms with Crippen molar-refractivity contribution in [1.29, 1.82) is 0 Å². The van der Waals surface area contributed by atoms with Crippen LogP contribution in [0.5, 0.6) is 0 Å². The van der Waals surface area contributed by atoms with E-state index >= 15 is 0 Å². The van der Waals surface area contributed by atoms with E-state index < -0.39 is 5.60 Å². The largest absolute Gasteiger partial charge is 0.367 e. The number of ether oxygens (including phenoxy) is 1. The van der Waals surface area contributed by atoms with E-state index in [2.05, 4.69) is 28.8 Å². The summed E-state index contributed by atoms with van der Waals surface area (Å²) in [6.45, 7) is 5.82. The van der Waals surface area contributed by atoms with E-state index in [1.54, 1.807) is 6.20 Å². The first kappa shape index (κ1) is 17.3. The number of carbonyl (C=O) groups is 1. The molecule has 1 saturated heterocycles. The van der Waals surface area contributed by atoms with Gasteiger partial charge in [0.25, 0.3) is 5.91 Å². The summed E-state index contributed by atoms with van der Waals surface area (Å²) in [5.74, 6) is 0.0669. The van der Waals surface area contributed by atoms with Crippen molar-refractivity contribution in [3.05, 3.63) is 53.3 Å². The van der Waals surface area contributed by atoms with Gasteiger partial charge in [0.1, 0.15) is 5.60 Å². The number of benzene rings is 1. The molecule has 5 heteroatoms. The van der Waals surface area contributed by atoms with Gasteiger partial charge in [-0.3, -0.25) is 9.48 Å². The zero-order valence-electron chi connectivity index (χ0n) is 15.6. The molecule has 1 aromatic heterocycles. The van der Waals surface area contributed by atoms with Gasteiger partial charge in [-0.1, -0.05) is 43.2 Å². The Morgan fingerprint density at radius 2 is 1.96 bits per heavy atom. The van der Waals surface area contributed by atoms with E-state index in [1.165, 1.54) is 25.7 Å². The number of amides is 1. The van der Waals surface area contributed by atoms with Gasteiger partial charge in [0, 0.05) is 12.2 Å². The number of hydrogen-bond donors (Lipinski definition) is 0. The standard InChI is InChI=1S/C21H27N3O2/c1-16-19(14-22-24(16)18-10-6-7-11-18)20(25)23-12-13-26-21(2,15-23)17-8-4-3-5-9-17/h3-5,8-9,14,18H,6-7,10-13,15H2,1-2H3. The molecule has 2 aromatic rings. The van der Waals surface area contributed by atoms with E-state index in [1.807, 2.05) is 30.0 Å². The maximum atomic E-state index is 13.2. The molecule has 0 bridgehead atoms. The van der Waals surface area contributed by atoms with Gasteiger partial charge in [-0.2, -0.15) is 5.10 Å². The first-order valence-corrected chi connectivity index (χ1v) is 9.61. The summed E-state index contributed by atoms with van der Waals surface area (Å²) >= 11 is 0. The number of nitrogens with zero attached hydrogens (tertiary/aromatic N) is 3. The molecule has 2 aliphatic rings. The summed E-state index contributed by atoms with van der Waals surface area (Å²) in [5.41, 5.74) is 2.37. The van der Waals surface area contributed by atoms with Crippen molar-refractivity contribution in [2.45, 2.75) is 51.2 Å². The Balaban J connectivity index is 1.55. The van der Waals surface area contributed by atoms with E-state index in [4.69, 9.17) is 4.74 Å². The van der Waals surface area contributed by atoms with Crippen molar-refractivity contribution in [2.75, 3.05) is 19.7 Å². The first-order chi connectivity index (χ1) is 12.6. The molecule has 138 valence electrons. The average Bonchev–Trinajstić information content (AvgIpc) is 3.31. The van der Waals surface area contributed by atoms with Gasteiger partial charge in [-0.15, -0.1) is 0 Å². The minimum atomic E-state index is -0.468. The van der Waals surface area contributed by atoms with Crippen LogP contribution >= 0.6 is 0 Å². The molecule has 26 heavy (non-hydrogen) atoms. The summed E-state index contributed by atoms with van der Waals surface area (Å²) in [5, 5.41) is 4.55. The number of morpholine rings is 1. The quantitative estimate of drug-likeness (QED) is 0.845. The molecule has 0 spiro atoms. The minimum absolute atomic E-state index is 0.0669. The van der Waals surface area contributed by atoms with Gasteiger partial charge in [0.15, 0.2) is 0 Å². The molecule has 4 rings (SSSR count). The molecule has 2 heterocycles. The smallest absolute Gasteiger partial charge is 0.257 e. The Kier molecular flexibility index (Phi) is 4.57. The molecular weight excluding hydrogens is 326 g/mol. The van der Waals surface area contributed by atoms with Gasteiger partial charge in [-0.05, 0) is 32.3 Å². The predicted molar refractivity (Wildman–Crippen MR) is 100 cm³/mol. The lowest BCUT2D eigenvalue weighted by atomic mass is 9.93. The first-order valence-electron chi connectivity index (χ1n) is 9.61. The molecule has 0 N–H and O–H groups in total. The van der Waals surface area contributed by atoms with Crippen LogP contribution in [0.2, 0.25) is 0 Å². The lowest BCUT2D eigenvalue weighted by molar-refractivity contribution is -0.0930. The minimum Gasteiger partial charge on any atom is -0.367 e. The van der Waals surface area contributed by atoms with Crippen molar-refractivity contribution in [3.63, 3.8) is 0 Å². The van der Waals surface area contributed by atoms with Crippen molar-refractivity contribution in [1.82, 2.24) is 14.7 Å². The average molecular weight is 353 g/mol. The topological polar surface area (TPSA) is 47.4 Å². The third-order valence-electron chi connectivity index (χ3n) is 5.89. The highest BCUT2D eigenvalue weighted by atomic mass is 16.5. The van der Waals surface area contributed by atoms with Crippen molar-refractivity contribution in [2.24, 2.45) is 0 Å². The summed E-state index contributed by atoms with van der Waals surface area (Å²) in [4.78, 5) is 15.1. The van der Waals surface area contributed by atoms with E-state index in [0.717, 1.165) is 16.8 Å². The fourth-order valence-electron chi connectivity index (χ4n) is 4.33. The maximum absolute atomic E-state index is 13.2. The van der Waals surface area contributed by atoms with E-state index in [-0.39, 0.29) is 5.91 Å². The maximum Gasteiger partial charge on any atom is 0.257 e. The SMILES string of the molecule is Cc1c(C(=O)N2CCOC(C)(c3ccccc3)C2)cnn1C1CCCC1. The Morgan fingerprint density at radius 3 is 2.69 bits per heavy atom. The second kappa shape index (κ2) is 6.88. The molecule has 2 fully saturated rings. The van der Waals surface area contributed by atoms with Crippen LogP contribution in [-0.4, -0.2) is 40.3 Å². The number of hydrogen-bond acceptors (Lipinski definition) is 3. The van der Waals surface area contributed by atoms with Gasteiger partial charge < -0.3 is 9.64 Å². The predicted octanol–water partition coefficient (Wildman–Crippen LogP) is 3.69. The van der Waals surface area contributed by atoms with Crippen LogP contribution in [-0.2, 0) is 10.3 Å². The third kappa shape index (κ3) is 3.05. The lowest BCUT2D eigenvalue weighted by Gasteiger charge is -2.40. The molecule has 1 amide bonds. The van der Waals surface area contributed by atoms with Crippen LogP contribution in [0.1, 0.15) is 60.3 Å². The van der Waals surface area contributed by atoms with E-state index in [0.29, 0.717) is 25.7 Å². The summed E-state index contributed by atoms with van der Waals surface area (Å²) in [6, 6.07) is 10.6. The number of rotatable bonds is 3. The summed E-state index contributed by atoms with van der Waals surface area (Å²) in [7, 11) is 0. The second-order valence-corrected chi connectivity index (χ2v) is 7.70. The van der Waals surface area contributed by atoms with Crippen LogP contribution in [0.3, 0.4) is 0 Å². The van der Waals surface area contributed by atoms with Crippen LogP contribution < -0.4 is 0 Å². The van der Waals surface area contributed by atoms with Crippen LogP contribution in [0, 0.1) is 6.92 Å². The van der Waals surface area contributed by atoms with Gasteiger partial charge in [0.05, 0.1) is 31.0 Å². The Bertz CT molecular complexity index is 780. The van der Waals surface area contributed by atoms with Crippen LogP contribution in [0.25, 0.3) is 0 Å². The molecule has 1 aliphatic carbocycles. The molecule has 1 aliphatic heterocycles. The van der Waals surface area contributed by atoms with Crippen molar-refractivity contribution >= 4 is 5.91 Å². The normalized spacial score (nSPS) is 24.2. The third-order valence-corrected chi connectivity index (χ3v) is 5.89. The van der Waals surface area contributed by atoms with Crippen LogP contribution in [0.4, 0.5) is 0 Å². The fourth-order valence-corrected chi connectivity index (χ4v) is 4.33. The summed E-state index contributed by atoms with van der Waals surface area (Å²) in [6.07, 6.45) is 6.60. The monoisotopic (exact) mass is 353 g/mol. The highest BCUT2D eigenvalue weighted by Crippen LogP contribution is 2.32. The highest BCUT2D eigenvalue weighted by Gasteiger charge is 2.37. The number of aromatic nitrogens is 2. The van der Waals surface area contributed by atoms with E-state index in [9.17, 15) is 4.79 Å². The van der Waals surface area contributed by atoms with Gasteiger partial charge >= 0.3 is 0 Å². The second-order valence-electron chi connectivity index (χ2n) is 7.70.